The van der Waals surface area contributed by atoms with E-state index >= 15 is 0 Å². The van der Waals surface area contributed by atoms with Crippen LogP contribution in [0.1, 0.15) is 19.4 Å². The number of rotatable bonds is 0. The Morgan fingerprint density at radius 1 is 1.29 bits per heavy atom. The summed E-state index contributed by atoms with van der Waals surface area (Å²) in [6.07, 6.45) is 0.0624. The Bertz CT molecular complexity index is 375. The largest absolute Gasteiger partial charge is 0.488 e. The molecule has 1 aliphatic heterocycles. The molecule has 1 aliphatic rings. The lowest BCUT2D eigenvalue weighted by Gasteiger charge is -2.15. The molecular weight excluding hydrogens is 198 g/mol. The van der Waals surface area contributed by atoms with Crippen LogP contribution < -0.4 is 4.74 Å². The molecule has 0 spiro atoms. The van der Waals surface area contributed by atoms with Crippen LogP contribution in [0.3, 0.4) is 0 Å². The molecule has 0 amide bonds. The van der Waals surface area contributed by atoms with E-state index in [-0.39, 0.29) is 12.1 Å². The zero-order valence-corrected chi connectivity index (χ0v) is 8.95. The van der Waals surface area contributed by atoms with Gasteiger partial charge in [-0.15, -0.1) is 0 Å². The summed E-state index contributed by atoms with van der Waals surface area (Å²) in [5.74, 6) is 0.818. The maximum atomic E-state index is 6.08. The van der Waals surface area contributed by atoms with E-state index in [0.717, 1.165) is 11.3 Å². The maximum Gasteiger partial charge on any atom is 0.135 e. The summed E-state index contributed by atoms with van der Waals surface area (Å²) in [6.45, 7) is 4.00. The second kappa shape index (κ2) is 3.62. The fourth-order valence-corrected chi connectivity index (χ4v) is 1.70. The normalized spacial score (nSPS) is 25.8. The van der Waals surface area contributed by atoms with Crippen molar-refractivity contribution in [1.82, 2.24) is 0 Å². The molecule has 0 bridgehead atoms. The molecule has 0 fully saturated rings. The molecule has 2 atom stereocenters. The Balaban J connectivity index is 2.50. The predicted octanol–water partition coefficient (Wildman–Crippen LogP) is 2.84. The fraction of sp³-hybridized carbons (Fsp3) is 0.364. The minimum absolute atomic E-state index is 0.0624. The summed E-state index contributed by atoms with van der Waals surface area (Å²) in [6, 6.07) is 7.80. The van der Waals surface area contributed by atoms with E-state index in [1.807, 2.05) is 38.1 Å². The topological polar surface area (TPSA) is 21.6 Å². The molecule has 14 heavy (non-hydrogen) atoms. The molecule has 0 saturated carbocycles. The summed E-state index contributed by atoms with van der Waals surface area (Å²) in [5.41, 5.74) is 0.880. The molecule has 0 N–H and O–H groups in total. The smallest absolute Gasteiger partial charge is 0.135 e. The Morgan fingerprint density at radius 3 is 2.79 bits per heavy atom. The molecule has 1 heterocycles. The molecule has 1 aromatic rings. The number of fused-ring (bicyclic) bond motifs is 1. The van der Waals surface area contributed by atoms with Gasteiger partial charge in [0, 0.05) is 0 Å². The Morgan fingerprint density at radius 2 is 2.00 bits per heavy atom. The molecule has 2 nitrogen and oxygen atoms in total. The third-order valence-electron chi connectivity index (χ3n) is 2.42. The number of ether oxygens (including phenoxy) is 1. The van der Waals surface area contributed by atoms with Gasteiger partial charge < -0.3 is 4.74 Å². The van der Waals surface area contributed by atoms with Crippen molar-refractivity contribution in [3.63, 3.8) is 0 Å². The predicted molar refractivity (Wildman–Crippen MR) is 58.4 cm³/mol. The van der Waals surface area contributed by atoms with Crippen LogP contribution >= 0.6 is 11.6 Å². The first kappa shape index (κ1) is 9.53. The van der Waals surface area contributed by atoms with Gasteiger partial charge in [-0.2, -0.15) is 0 Å². The molecule has 0 aliphatic carbocycles. The van der Waals surface area contributed by atoms with Gasteiger partial charge >= 0.3 is 0 Å². The Kier molecular flexibility index (Phi) is 2.46. The minimum Gasteiger partial charge on any atom is -0.488 e. The van der Waals surface area contributed by atoms with Crippen LogP contribution in [0.4, 0.5) is 0 Å². The van der Waals surface area contributed by atoms with Crippen molar-refractivity contribution < 1.29 is 4.74 Å². The molecule has 1 aromatic carbocycles. The van der Waals surface area contributed by atoms with Gasteiger partial charge in [0.15, 0.2) is 0 Å². The van der Waals surface area contributed by atoms with Gasteiger partial charge in [-0.25, -0.2) is 0 Å². The van der Waals surface area contributed by atoms with Crippen LogP contribution in [0.25, 0.3) is 0 Å². The minimum atomic E-state index is 0.0624. The number of hydrogen-bond acceptors (Lipinski definition) is 2. The zero-order valence-electron chi connectivity index (χ0n) is 8.20. The van der Waals surface area contributed by atoms with Crippen molar-refractivity contribution in [3.05, 3.63) is 29.8 Å². The van der Waals surface area contributed by atoms with E-state index in [4.69, 9.17) is 16.3 Å². The van der Waals surface area contributed by atoms with Gasteiger partial charge in [0.1, 0.15) is 17.0 Å². The first-order valence-corrected chi connectivity index (χ1v) is 5.05. The zero-order chi connectivity index (χ0) is 10.1. The molecule has 0 unspecified atom stereocenters. The van der Waals surface area contributed by atoms with Crippen LogP contribution in [0, 0.1) is 0 Å². The molecule has 3 heteroatoms. The fourth-order valence-electron chi connectivity index (χ4n) is 1.39. The first-order chi connectivity index (χ1) is 6.68. The quantitative estimate of drug-likeness (QED) is 0.644. The van der Waals surface area contributed by atoms with Crippen LogP contribution in [0.5, 0.6) is 5.75 Å². The number of halogens is 1. The second-order valence-corrected chi connectivity index (χ2v) is 3.84. The SMILES string of the molecule is C[C@@H]1N=C(Cl)c2ccccc2O[C@@H]1C. The Labute approximate surface area is 88.6 Å². The van der Waals surface area contributed by atoms with Crippen molar-refractivity contribution in [2.75, 3.05) is 0 Å². The van der Waals surface area contributed by atoms with Crippen molar-refractivity contribution in [2.24, 2.45) is 4.99 Å². The van der Waals surface area contributed by atoms with E-state index in [0.29, 0.717) is 5.17 Å². The van der Waals surface area contributed by atoms with E-state index in [1.165, 1.54) is 0 Å². The summed E-state index contributed by atoms with van der Waals surface area (Å²) in [4.78, 5) is 4.36. The number of para-hydroxylation sites is 1. The highest BCUT2D eigenvalue weighted by atomic mass is 35.5. The monoisotopic (exact) mass is 209 g/mol. The van der Waals surface area contributed by atoms with E-state index in [1.54, 1.807) is 0 Å². The lowest BCUT2D eigenvalue weighted by Crippen LogP contribution is -2.23. The highest BCUT2D eigenvalue weighted by Gasteiger charge is 2.20. The molecule has 2 rings (SSSR count). The van der Waals surface area contributed by atoms with Crippen molar-refractivity contribution in [2.45, 2.75) is 26.0 Å². The van der Waals surface area contributed by atoms with Crippen LogP contribution in [-0.2, 0) is 0 Å². The van der Waals surface area contributed by atoms with Gasteiger partial charge in [-0.1, -0.05) is 23.7 Å². The lowest BCUT2D eigenvalue weighted by atomic mass is 10.2. The summed E-state index contributed by atoms with van der Waals surface area (Å²) in [5, 5.41) is 0.539. The molecule has 74 valence electrons. The number of hydrogen-bond donors (Lipinski definition) is 0. The van der Waals surface area contributed by atoms with Crippen LogP contribution in [-0.4, -0.2) is 17.3 Å². The third-order valence-corrected chi connectivity index (χ3v) is 2.72. The summed E-state index contributed by atoms with van der Waals surface area (Å²) < 4.78 is 5.74. The van der Waals surface area contributed by atoms with E-state index < -0.39 is 0 Å². The van der Waals surface area contributed by atoms with Gasteiger partial charge in [0.05, 0.1) is 11.6 Å². The molecule has 0 saturated heterocycles. The average molecular weight is 210 g/mol. The lowest BCUT2D eigenvalue weighted by molar-refractivity contribution is 0.200. The van der Waals surface area contributed by atoms with Crippen LogP contribution in [0.2, 0.25) is 0 Å². The third kappa shape index (κ3) is 1.62. The molecule has 0 radical (unpaired) electrons. The summed E-state index contributed by atoms with van der Waals surface area (Å²) in [7, 11) is 0. The van der Waals surface area contributed by atoms with Crippen molar-refractivity contribution in [3.8, 4) is 5.75 Å². The van der Waals surface area contributed by atoms with Gasteiger partial charge in [-0.05, 0) is 26.0 Å². The standard InChI is InChI=1S/C11H12ClNO/c1-7-8(2)14-10-6-4-3-5-9(10)11(12)13-7/h3-8H,1-2H3/t7-,8+/m0/s1. The van der Waals surface area contributed by atoms with Crippen LogP contribution in [0.15, 0.2) is 29.3 Å². The van der Waals surface area contributed by atoms with Gasteiger partial charge in [-0.3, -0.25) is 4.99 Å². The number of aliphatic imine (C=N–C) groups is 1. The van der Waals surface area contributed by atoms with Gasteiger partial charge in [0.2, 0.25) is 0 Å². The maximum absolute atomic E-state index is 6.08. The molecule has 0 aromatic heterocycles. The van der Waals surface area contributed by atoms with Gasteiger partial charge in [0.25, 0.3) is 0 Å². The van der Waals surface area contributed by atoms with E-state index in [2.05, 4.69) is 4.99 Å². The van der Waals surface area contributed by atoms with Crippen molar-refractivity contribution in [1.29, 1.82) is 0 Å². The first-order valence-electron chi connectivity index (χ1n) is 4.68. The summed E-state index contributed by atoms with van der Waals surface area (Å²) >= 11 is 6.08. The second-order valence-electron chi connectivity index (χ2n) is 3.48. The highest BCUT2D eigenvalue weighted by Crippen LogP contribution is 2.26. The number of nitrogens with zero attached hydrogens (tertiary/aromatic N) is 1. The molecular formula is C11H12ClNO. The van der Waals surface area contributed by atoms with Crippen molar-refractivity contribution >= 4 is 16.8 Å². The Hall–Kier alpha value is -1.02. The number of benzene rings is 1. The highest BCUT2D eigenvalue weighted by molar-refractivity contribution is 6.70. The van der Waals surface area contributed by atoms with E-state index in [9.17, 15) is 0 Å². The average Bonchev–Trinajstić information content (AvgIpc) is 2.27.